The molecule has 2 aromatic carbocycles. The van der Waals surface area contributed by atoms with E-state index in [1.54, 1.807) is 38.1 Å². The van der Waals surface area contributed by atoms with Gasteiger partial charge in [0.05, 0.1) is 12.7 Å². The van der Waals surface area contributed by atoms with Gasteiger partial charge in [0.25, 0.3) is 5.56 Å². The van der Waals surface area contributed by atoms with E-state index in [9.17, 15) is 29.2 Å². The number of aliphatic hydroxyl groups is 2. The van der Waals surface area contributed by atoms with E-state index in [0.29, 0.717) is 5.39 Å². The van der Waals surface area contributed by atoms with Crippen molar-refractivity contribution in [2.24, 2.45) is 0 Å². The molecule has 1 aromatic heterocycles. The van der Waals surface area contributed by atoms with E-state index in [-0.39, 0.29) is 10.8 Å². The number of carbonyl (C=O) groups excluding carboxylic acids is 1. The van der Waals surface area contributed by atoms with Gasteiger partial charge in [0.2, 0.25) is 0 Å². The van der Waals surface area contributed by atoms with Crippen LogP contribution in [0, 0.1) is 0 Å². The summed E-state index contributed by atoms with van der Waals surface area (Å²) in [5, 5.41) is 25.5. The first-order valence-electron chi connectivity index (χ1n) is 12.7. The minimum Gasteiger partial charge on any atom is -0.462 e. The minimum absolute atomic E-state index is 0.190. The van der Waals surface area contributed by atoms with Crippen molar-refractivity contribution in [1.29, 1.82) is 0 Å². The molecule has 0 amide bonds. The number of rotatable bonds is 10. The normalized spacial score (nSPS) is 24.7. The van der Waals surface area contributed by atoms with Gasteiger partial charge in [0, 0.05) is 11.6 Å². The predicted octanol–water partition coefficient (Wildman–Crippen LogP) is 2.49. The molecule has 0 saturated carbocycles. The van der Waals surface area contributed by atoms with Crippen LogP contribution in [0.3, 0.4) is 0 Å². The standard InChI is InChI=1S/C26H31ClN3O10P/c1-14(2)38-23(33)15(3)29-41(36,40-19-11-7-9-16-8-5-6-10-17(16)19)37-13-20-21(31)26(4,35)24(39-20)30-12-18(27)22(32)28-25(30)34/h5-12,14-15,20-21,24,31,35H,13H2,1-4H3,(H,29,36)(H,28,32,34)/t15-,20-,21-,24-,26-,41+/m1/s1. The van der Waals surface area contributed by atoms with Crippen LogP contribution in [0.4, 0.5) is 0 Å². The van der Waals surface area contributed by atoms with Crippen LogP contribution >= 0.6 is 19.3 Å². The third kappa shape index (κ3) is 6.73. The Morgan fingerprint density at radius 2 is 1.90 bits per heavy atom. The SMILES string of the molecule is CC(C)OC(=O)[C@@H](C)N[P@](=O)(OC[C@H]1O[C@@H](n2cc(Cl)c(=O)[nH]c2=O)[C@](C)(O)[C@@H]1O)Oc1cccc2ccccc12. The highest BCUT2D eigenvalue weighted by Crippen LogP contribution is 2.48. The maximum absolute atomic E-state index is 14.1. The monoisotopic (exact) mass is 611 g/mol. The molecule has 1 saturated heterocycles. The number of aliphatic hydroxyl groups excluding tert-OH is 1. The lowest BCUT2D eigenvalue weighted by atomic mass is 9.96. The summed E-state index contributed by atoms with van der Waals surface area (Å²) in [6.07, 6.45) is -3.96. The Morgan fingerprint density at radius 1 is 1.22 bits per heavy atom. The first kappa shape index (κ1) is 30.9. The number of nitrogens with zero attached hydrogens (tertiary/aromatic N) is 1. The largest absolute Gasteiger partial charge is 0.462 e. The van der Waals surface area contributed by atoms with Crippen LogP contribution in [-0.2, 0) is 23.4 Å². The average molecular weight is 612 g/mol. The number of halogens is 1. The molecule has 0 unspecified atom stereocenters. The number of aromatic amines is 1. The summed E-state index contributed by atoms with van der Waals surface area (Å²) in [5.74, 6) is -0.518. The van der Waals surface area contributed by atoms with Crippen LogP contribution in [0.1, 0.15) is 33.9 Å². The van der Waals surface area contributed by atoms with Crippen molar-refractivity contribution in [1.82, 2.24) is 14.6 Å². The van der Waals surface area contributed by atoms with Crippen molar-refractivity contribution in [3.63, 3.8) is 0 Å². The van der Waals surface area contributed by atoms with Gasteiger partial charge in [0.1, 0.15) is 34.6 Å². The average Bonchev–Trinajstić information content (AvgIpc) is 3.13. The molecule has 0 radical (unpaired) electrons. The van der Waals surface area contributed by atoms with Crippen molar-refractivity contribution >= 4 is 36.1 Å². The molecule has 0 bridgehead atoms. The first-order chi connectivity index (χ1) is 19.2. The Kier molecular flexibility index (Phi) is 9.10. The second kappa shape index (κ2) is 12.1. The van der Waals surface area contributed by atoms with Gasteiger partial charge < -0.3 is 24.2 Å². The lowest BCUT2D eigenvalue weighted by Crippen LogP contribution is -2.47. The van der Waals surface area contributed by atoms with Crippen molar-refractivity contribution in [3.05, 3.63) is 74.5 Å². The number of fused-ring (bicyclic) bond motifs is 1. The molecule has 41 heavy (non-hydrogen) atoms. The second-order valence-electron chi connectivity index (χ2n) is 10.0. The zero-order chi connectivity index (χ0) is 30.1. The maximum Gasteiger partial charge on any atom is 0.459 e. The molecular formula is C26H31ClN3O10P. The number of aromatic nitrogens is 2. The van der Waals surface area contributed by atoms with E-state index >= 15 is 0 Å². The van der Waals surface area contributed by atoms with Gasteiger partial charge in [-0.25, -0.2) is 9.36 Å². The molecule has 13 nitrogen and oxygen atoms in total. The number of hydrogen-bond acceptors (Lipinski definition) is 10. The van der Waals surface area contributed by atoms with Gasteiger partial charge in [-0.1, -0.05) is 48.0 Å². The minimum atomic E-state index is -4.40. The van der Waals surface area contributed by atoms with Crippen LogP contribution in [0.2, 0.25) is 5.02 Å². The number of H-pyrrole nitrogens is 1. The van der Waals surface area contributed by atoms with Crippen LogP contribution < -0.4 is 20.9 Å². The van der Waals surface area contributed by atoms with E-state index in [2.05, 4.69) is 5.09 Å². The molecule has 0 aliphatic carbocycles. The Labute approximate surface area is 239 Å². The van der Waals surface area contributed by atoms with Gasteiger partial charge in [-0.05, 0) is 39.1 Å². The second-order valence-corrected chi connectivity index (χ2v) is 12.1. The number of esters is 1. The smallest absolute Gasteiger partial charge is 0.459 e. The summed E-state index contributed by atoms with van der Waals surface area (Å²) in [7, 11) is -4.40. The van der Waals surface area contributed by atoms with Crippen molar-refractivity contribution < 1.29 is 38.1 Å². The molecule has 1 fully saturated rings. The summed E-state index contributed by atoms with van der Waals surface area (Å²) >= 11 is 5.85. The Morgan fingerprint density at radius 3 is 2.61 bits per heavy atom. The number of hydrogen-bond donors (Lipinski definition) is 4. The Hall–Kier alpha value is -3.03. The molecule has 15 heteroatoms. The summed E-state index contributed by atoms with van der Waals surface area (Å²) in [4.78, 5) is 38.6. The highest BCUT2D eigenvalue weighted by molar-refractivity contribution is 7.52. The zero-order valence-electron chi connectivity index (χ0n) is 22.6. The van der Waals surface area contributed by atoms with Crippen molar-refractivity contribution in [2.75, 3.05) is 6.61 Å². The number of benzene rings is 2. The summed E-state index contributed by atoms with van der Waals surface area (Å²) in [6.45, 7) is 5.34. The van der Waals surface area contributed by atoms with Crippen molar-refractivity contribution in [3.8, 4) is 5.75 Å². The zero-order valence-corrected chi connectivity index (χ0v) is 24.3. The van der Waals surface area contributed by atoms with Gasteiger partial charge in [-0.15, -0.1) is 0 Å². The molecule has 222 valence electrons. The molecule has 1 aliphatic heterocycles. The summed E-state index contributed by atoms with van der Waals surface area (Å²) < 4.78 is 37.3. The third-order valence-electron chi connectivity index (χ3n) is 6.37. The topological polar surface area (TPSA) is 178 Å². The number of carbonyl (C=O) groups is 1. The molecular weight excluding hydrogens is 581 g/mol. The lowest BCUT2D eigenvalue weighted by Gasteiger charge is -2.27. The molecule has 4 rings (SSSR count). The van der Waals surface area contributed by atoms with Gasteiger partial charge in [-0.2, -0.15) is 5.09 Å². The van der Waals surface area contributed by atoms with E-state index in [1.807, 2.05) is 23.2 Å². The fourth-order valence-electron chi connectivity index (χ4n) is 4.30. The van der Waals surface area contributed by atoms with Gasteiger partial charge in [0.15, 0.2) is 6.23 Å². The summed E-state index contributed by atoms with van der Waals surface area (Å²) in [6, 6.07) is 11.1. The van der Waals surface area contributed by atoms with Crippen LogP contribution in [-0.4, -0.2) is 62.3 Å². The molecule has 2 heterocycles. The lowest BCUT2D eigenvalue weighted by molar-refractivity contribution is -0.149. The number of nitrogens with one attached hydrogen (secondary N) is 2. The van der Waals surface area contributed by atoms with Gasteiger partial charge >= 0.3 is 19.4 Å². The maximum atomic E-state index is 14.1. The van der Waals surface area contributed by atoms with Crippen molar-refractivity contribution in [2.45, 2.75) is 63.9 Å². The first-order valence-corrected chi connectivity index (χ1v) is 14.6. The van der Waals surface area contributed by atoms with Crippen LogP contribution in [0.25, 0.3) is 10.8 Å². The highest BCUT2D eigenvalue weighted by atomic mass is 35.5. The van der Waals surface area contributed by atoms with E-state index in [4.69, 9.17) is 30.1 Å². The number of ether oxygens (including phenoxy) is 2. The quantitative estimate of drug-likeness (QED) is 0.195. The fraction of sp³-hybridized carbons (Fsp3) is 0.423. The molecule has 4 N–H and O–H groups in total. The van der Waals surface area contributed by atoms with E-state index in [1.165, 1.54) is 13.8 Å². The predicted molar refractivity (Wildman–Crippen MR) is 149 cm³/mol. The molecule has 6 atom stereocenters. The fourth-order valence-corrected chi connectivity index (χ4v) is 5.98. The Balaban J connectivity index is 1.61. The van der Waals surface area contributed by atoms with Crippen LogP contribution in [0.15, 0.2) is 58.3 Å². The van der Waals surface area contributed by atoms with E-state index < -0.39 is 67.8 Å². The van der Waals surface area contributed by atoms with E-state index in [0.717, 1.165) is 16.2 Å². The highest BCUT2D eigenvalue weighted by Gasteiger charge is 2.54. The molecule has 3 aromatic rings. The molecule has 1 aliphatic rings. The van der Waals surface area contributed by atoms with Crippen LogP contribution in [0.5, 0.6) is 5.75 Å². The molecule has 0 spiro atoms. The Bertz CT molecular complexity index is 1580. The summed E-state index contributed by atoms with van der Waals surface area (Å²) in [5.41, 5.74) is -3.85. The van der Waals surface area contributed by atoms with Gasteiger partial charge in [-0.3, -0.25) is 23.7 Å². The third-order valence-corrected chi connectivity index (χ3v) is 8.26.